The van der Waals surface area contributed by atoms with E-state index in [9.17, 15) is 9.59 Å². The number of nitrogens with one attached hydrogen (secondary N) is 2. The normalized spacial score (nSPS) is 15.1. The van der Waals surface area contributed by atoms with Gasteiger partial charge in [0, 0.05) is 16.4 Å². The number of hydrogen-bond donors (Lipinski definition) is 2. The molecule has 2 aromatic carbocycles. The number of aryl methyl sites for hydroxylation is 1. The molecule has 0 aromatic heterocycles. The standard InChI is InChI=1S/C22H25ClN2O2/c1-14-9-10-15(23)13-18(14)25-20(27)22(11-12-22)19(26)24-17-8-6-5-7-16(17)21(2,3)4/h5-10,13H,11-12H2,1-4H3,(H,24,26)(H,25,27). The predicted molar refractivity (Wildman–Crippen MR) is 110 cm³/mol. The fraction of sp³-hybridized carbons (Fsp3) is 0.364. The second kappa shape index (κ2) is 7.01. The molecule has 0 bridgehead atoms. The molecule has 0 atom stereocenters. The molecule has 1 saturated carbocycles. The topological polar surface area (TPSA) is 58.2 Å². The van der Waals surface area contributed by atoms with Crippen molar-refractivity contribution in [3.63, 3.8) is 0 Å². The highest BCUT2D eigenvalue weighted by atomic mass is 35.5. The molecule has 2 aromatic rings. The highest BCUT2D eigenvalue weighted by Gasteiger charge is 2.56. The minimum Gasteiger partial charge on any atom is -0.325 e. The van der Waals surface area contributed by atoms with Crippen LogP contribution in [0, 0.1) is 12.3 Å². The number of amides is 2. The zero-order valence-electron chi connectivity index (χ0n) is 16.2. The summed E-state index contributed by atoms with van der Waals surface area (Å²) >= 11 is 6.03. The molecule has 3 rings (SSSR count). The predicted octanol–water partition coefficient (Wildman–Crippen LogP) is 5.30. The quantitative estimate of drug-likeness (QED) is 0.702. The Morgan fingerprint density at radius 2 is 1.56 bits per heavy atom. The van der Waals surface area contributed by atoms with Crippen LogP contribution in [-0.2, 0) is 15.0 Å². The van der Waals surface area contributed by atoms with E-state index in [0.29, 0.717) is 23.6 Å². The Balaban J connectivity index is 1.79. The molecule has 0 aliphatic heterocycles. The third-order valence-electron chi connectivity index (χ3n) is 5.05. The van der Waals surface area contributed by atoms with Crippen LogP contribution in [0.2, 0.25) is 5.02 Å². The molecule has 0 radical (unpaired) electrons. The van der Waals surface area contributed by atoms with Crippen LogP contribution in [0.5, 0.6) is 0 Å². The van der Waals surface area contributed by atoms with Crippen molar-refractivity contribution in [1.29, 1.82) is 0 Å². The van der Waals surface area contributed by atoms with Gasteiger partial charge in [0.15, 0.2) is 0 Å². The lowest BCUT2D eigenvalue weighted by molar-refractivity contribution is -0.131. The largest absolute Gasteiger partial charge is 0.325 e. The Morgan fingerprint density at radius 1 is 0.963 bits per heavy atom. The summed E-state index contributed by atoms with van der Waals surface area (Å²) in [5.74, 6) is -0.532. The molecule has 5 heteroatoms. The molecule has 142 valence electrons. The van der Waals surface area contributed by atoms with Gasteiger partial charge in [-0.05, 0) is 54.5 Å². The molecular formula is C22H25ClN2O2. The van der Waals surface area contributed by atoms with Crippen LogP contribution in [0.4, 0.5) is 11.4 Å². The molecule has 0 saturated heterocycles. The maximum atomic E-state index is 13.0. The lowest BCUT2D eigenvalue weighted by Crippen LogP contribution is -2.36. The lowest BCUT2D eigenvalue weighted by Gasteiger charge is -2.24. The number of halogens is 1. The van der Waals surface area contributed by atoms with Crippen molar-refractivity contribution in [2.45, 2.75) is 46.0 Å². The number of para-hydroxylation sites is 1. The summed E-state index contributed by atoms with van der Waals surface area (Å²) in [5, 5.41) is 6.41. The average molecular weight is 385 g/mol. The van der Waals surface area contributed by atoms with Crippen LogP contribution in [0.1, 0.15) is 44.7 Å². The van der Waals surface area contributed by atoms with Crippen LogP contribution in [0.25, 0.3) is 0 Å². The summed E-state index contributed by atoms with van der Waals surface area (Å²) in [6.45, 7) is 8.18. The lowest BCUT2D eigenvalue weighted by atomic mass is 9.85. The van der Waals surface area contributed by atoms with Crippen molar-refractivity contribution in [3.8, 4) is 0 Å². The zero-order valence-corrected chi connectivity index (χ0v) is 16.9. The maximum absolute atomic E-state index is 13.0. The fourth-order valence-corrected chi connectivity index (χ4v) is 3.31. The number of anilines is 2. The highest BCUT2D eigenvalue weighted by Crippen LogP contribution is 2.48. The maximum Gasteiger partial charge on any atom is 0.240 e. The molecule has 1 fully saturated rings. The molecule has 0 heterocycles. The summed E-state index contributed by atoms with van der Waals surface area (Å²) in [4.78, 5) is 25.8. The Labute approximate surface area is 165 Å². The average Bonchev–Trinajstić information content (AvgIpc) is 3.39. The minimum absolute atomic E-state index is 0.110. The van der Waals surface area contributed by atoms with Gasteiger partial charge in [-0.25, -0.2) is 0 Å². The van der Waals surface area contributed by atoms with E-state index in [1.165, 1.54) is 0 Å². The second-order valence-corrected chi connectivity index (χ2v) is 8.68. The first-order valence-electron chi connectivity index (χ1n) is 9.12. The third-order valence-corrected chi connectivity index (χ3v) is 5.29. The smallest absolute Gasteiger partial charge is 0.240 e. The van der Waals surface area contributed by atoms with Crippen molar-refractivity contribution in [2.24, 2.45) is 5.41 Å². The van der Waals surface area contributed by atoms with E-state index in [-0.39, 0.29) is 17.2 Å². The second-order valence-electron chi connectivity index (χ2n) is 8.25. The Morgan fingerprint density at radius 3 is 2.15 bits per heavy atom. The van der Waals surface area contributed by atoms with E-state index < -0.39 is 5.41 Å². The van der Waals surface area contributed by atoms with Crippen LogP contribution in [0.15, 0.2) is 42.5 Å². The Kier molecular flexibility index (Phi) is 5.04. The van der Waals surface area contributed by atoms with Crippen molar-refractivity contribution < 1.29 is 9.59 Å². The van der Waals surface area contributed by atoms with Gasteiger partial charge in [-0.3, -0.25) is 9.59 Å². The number of hydrogen-bond acceptors (Lipinski definition) is 2. The minimum atomic E-state index is -1.01. The zero-order chi connectivity index (χ0) is 19.8. The van der Waals surface area contributed by atoms with Crippen molar-refractivity contribution in [1.82, 2.24) is 0 Å². The van der Waals surface area contributed by atoms with Gasteiger partial charge in [-0.1, -0.05) is 56.6 Å². The molecular weight excluding hydrogens is 360 g/mol. The Hall–Kier alpha value is -2.33. The van der Waals surface area contributed by atoms with Crippen molar-refractivity contribution in [2.75, 3.05) is 10.6 Å². The van der Waals surface area contributed by atoms with Crippen LogP contribution in [0.3, 0.4) is 0 Å². The first-order chi connectivity index (χ1) is 12.6. The van der Waals surface area contributed by atoms with Gasteiger partial charge < -0.3 is 10.6 Å². The molecule has 4 nitrogen and oxygen atoms in total. The summed E-state index contributed by atoms with van der Waals surface area (Å²) in [6.07, 6.45) is 1.09. The van der Waals surface area contributed by atoms with Gasteiger partial charge in [0.05, 0.1) is 0 Å². The van der Waals surface area contributed by atoms with Gasteiger partial charge >= 0.3 is 0 Å². The summed E-state index contributed by atoms with van der Waals surface area (Å²) in [5.41, 5.74) is 2.22. The molecule has 2 N–H and O–H groups in total. The van der Waals surface area contributed by atoms with Gasteiger partial charge in [0.2, 0.25) is 11.8 Å². The highest BCUT2D eigenvalue weighted by molar-refractivity contribution is 6.31. The van der Waals surface area contributed by atoms with E-state index in [4.69, 9.17) is 11.6 Å². The molecule has 27 heavy (non-hydrogen) atoms. The van der Waals surface area contributed by atoms with Gasteiger partial charge in [0.1, 0.15) is 5.41 Å². The van der Waals surface area contributed by atoms with Gasteiger partial charge in [-0.2, -0.15) is 0 Å². The van der Waals surface area contributed by atoms with E-state index in [0.717, 1.165) is 16.8 Å². The van der Waals surface area contributed by atoms with Gasteiger partial charge in [0.25, 0.3) is 0 Å². The summed E-state index contributed by atoms with van der Waals surface area (Å²) in [7, 11) is 0. The third kappa shape index (κ3) is 4.01. The van der Waals surface area contributed by atoms with Gasteiger partial charge in [-0.15, -0.1) is 0 Å². The molecule has 1 aliphatic carbocycles. The van der Waals surface area contributed by atoms with E-state index in [2.05, 4.69) is 31.4 Å². The number of rotatable bonds is 4. The van der Waals surface area contributed by atoms with E-state index in [1.807, 2.05) is 37.3 Å². The molecule has 1 aliphatic rings. The van der Waals surface area contributed by atoms with Crippen LogP contribution in [-0.4, -0.2) is 11.8 Å². The van der Waals surface area contributed by atoms with E-state index in [1.54, 1.807) is 12.1 Å². The first kappa shape index (κ1) is 19.4. The van der Waals surface area contributed by atoms with Crippen LogP contribution < -0.4 is 10.6 Å². The Bertz CT molecular complexity index is 895. The van der Waals surface area contributed by atoms with E-state index >= 15 is 0 Å². The number of carbonyl (C=O) groups is 2. The van der Waals surface area contributed by atoms with Crippen molar-refractivity contribution >= 4 is 34.8 Å². The summed E-state index contributed by atoms with van der Waals surface area (Å²) < 4.78 is 0. The monoisotopic (exact) mass is 384 g/mol. The summed E-state index contributed by atoms with van der Waals surface area (Å²) in [6, 6.07) is 13.1. The fourth-order valence-electron chi connectivity index (χ4n) is 3.14. The van der Waals surface area contributed by atoms with Crippen LogP contribution >= 0.6 is 11.6 Å². The first-order valence-corrected chi connectivity index (χ1v) is 9.50. The van der Waals surface area contributed by atoms with Crippen molar-refractivity contribution in [3.05, 3.63) is 58.6 Å². The number of benzene rings is 2. The molecule has 0 spiro atoms. The molecule has 0 unspecified atom stereocenters. The number of carbonyl (C=O) groups excluding carboxylic acids is 2. The SMILES string of the molecule is Cc1ccc(Cl)cc1NC(=O)C1(C(=O)Nc2ccccc2C(C)(C)C)CC1. The molecule has 2 amide bonds.